The van der Waals surface area contributed by atoms with Gasteiger partial charge in [-0.05, 0) is 0 Å². The van der Waals surface area contributed by atoms with Gasteiger partial charge in [0.25, 0.3) is 0 Å². The van der Waals surface area contributed by atoms with E-state index in [2.05, 4.69) is 34.6 Å². The zero-order chi connectivity index (χ0) is 8.81. The van der Waals surface area contributed by atoms with Crippen molar-refractivity contribution in [3.63, 3.8) is 0 Å². The standard InChI is InChI=1S/C10H15.W.H/c1-7-6-10(4,5)9(3)8(7)2;;/h1-5H3;;/q;;-1. The first-order chi connectivity index (χ1) is 4.89. The van der Waals surface area contributed by atoms with Crippen molar-refractivity contribution in [1.82, 2.24) is 0 Å². The Morgan fingerprint density at radius 2 is 1.55 bits per heavy atom. The van der Waals surface area contributed by atoms with Crippen LogP contribution in [0.3, 0.4) is 0 Å². The Morgan fingerprint density at radius 1 is 1.09 bits per heavy atom. The van der Waals surface area contributed by atoms with Crippen molar-refractivity contribution < 1.29 is 21.2 Å². The van der Waals surface area contributed by atoms with E-state index >= 15 is 0 Å². The zero-order valence-corrected chi connectivity index (χ0v) is 10.8. The molecule has 0 unspecified atom stereocenters. The third kappa shape index (κ3) is 1.16. The normalized spacial score (nSPS) is 23.4. The smallest absolute Gasteiger partial charge is 1.00 e. The SMILES string of the molecule is CC1=C(C)C(C)(C)[C]([W])=C1C.[H-]. The molecule has 0 aromatic heterocycles. The van der Waals surface area contributed by atoms with E-state index in [1.165, 1.54) is 11.1 Å². The van der Waals surface area contributed by atoms with Gasteiger partial charge in [-0.1, -0.05) is 0 Å². The zero-order valence-electron chi connectivity index (χ0n) is 8.91. The fraction of sp³-hybridized carbons (Fsp3) is 0.600. The van der Waals surface area contributed by atoms with Crippen LogP contribution >= 0.6 is 0 Å². The van der Waals surface area contributed by atoms with Crippen molar-refractivity contribution in [2.75, 3.05) is 0 Å². The van der Waals surface area contributed by atoms with E-state index in [0.717, 1.165) is 0 Å². The van der Waals surface area contributed by atoms with Gasteiger partial charge >= 0.3 is 80.5 Å². The van der Waals surface area contributed by atoms with Crippen LogP contribution in [0.1, 0.15) is 36.0 Å². The average Bonchev–Trinajstić information content (AvgIpc) is 2.06. The fourth-order valence-corrected chi connectivity index (χ4v) is 2.66. The summed E-state index contributed by atoms with van der Waals surface area (Å²) in [5.41, 5.74) is 4.95. The third-order valence-electron chi connectivity index (χ3n) is 2.97. The Morgan fingerprint density at radius 3 is 1.64 bits per heavy atom. The van der Waals surface area contributed by atoms with E-state index in [0.29, 0.717) is 5.41 Å². The maximum absolute atomic E-state index is 2.32. The molecule has 0 heterocycles. The van der Waals surface area contributed by atoms with Crippen LogP contribution in [0.5, 0.6) is 0 Å². The van der Waals surface area contributed by atoms with Gasteiger partial charge in [-0.2, -0.15) is 0 Å². The number of hydrogen-bond acceptors (Lipinski definition) is 0. The van der Waals surface area contributed by atoms with Crippen molar-refractivity contribution in [2.24, 2.45) is 5.41 Å². The fourth-order valence-electron chi connectivity index (χ4n) is 1.56. The van der Waals surface area contributed by atoms with Crippen LogP contribution in [-0.4, -0.2) is 0 Å². The molecule has 0 amide bonds. The van der Waals surface area contributed by atoms with Crippen molar-refractivity contribution in [1.29, 1.82) is 0 Å². The number of allylic oxidation sites excluding steroid dienone is 4. The van der Waals surface area contributed by atoms with Gasteiger partial charge < -0.3 is 1.43 Å². The molecule has 0 aliphatic heterocycles. The minimum atomic E-state index is 0. The average molecular weight is 320 g/mol. The van der Waals surface area contributed by atoms with E-state index < -0.39 is 0 Å². The van der Waals surface area contributed by atoms with Gasteiger partial charge in [0.05, 0.1) is 0 Å². The van der Waals surface area contributed by atoms with Crippen LogP contribution in [0.25, 0.3) is 0 Å². The Kier molecular flexibility index (Phi) is 2.18. The predicted molar refractivity (Wildman–Crippen MR) is 46.0 cm³/mol. The molecule has 0 atom stereocenters. The largest absolute Gasteiger partial charge is 1.00 e. The summed E-state index contributed by atoms with van der Waals surface area (Å²) in [6.45, 7) is 11.4. The predicted octanol–water partition coefficient (Wildman–Crippen LogP) is 3.30. The van der Waals surface area contributed by atoms with E-state index in [9.17, 15) is 0 Å². The molecular formula is C10H16W-. The summed E-state index contributed by atoms with van der Waals surface area (Å²) < 4.78 is 1.62. The number of rotatable bonds is 0. The van der Waals surface area contributed by atoms with Crippen LogP contribution < -0.4 is 0 Å². The molecule has 0 fully saturated rings. The molecular weight excluding hydrogens is 304 g/mol. The van der Waals surface area contributed by atoms with Gasteiger partial charge in [-0.3, -0.25) is 0 Å². The minimum absolute atomic E-state index is 0. The molecule has 0 N–H and O–H groups in total. The molecule has 1 aliphatic carbocycles. The van der Waals surface area contributed by atoms with Gasteiger partial charge in [-0.15, -0.1) is 0 Å². The first kappa shape index (κ1) is 9.26. The van der Waals surface area contributed by atoms with Gasteiger partial charge in [0.15, 0.2) is 0 Å². The maximum Gasteiger partial charge on any atom is -1.00 e. The van der Waals surface area contributed by atoms with Gasteiger partial charge in [0.2, 0.25) is 0 Å². The molecule has 1 heteroatoms. The van der Waals surface area contributed by atoms with Crippen molar-refractivity contribution in [3.8, 4) is 0 Å². The summed E-state index contributed by atoms with van der Waals surface area (Å²) in [4.78, 5) is 0. The van der Waals surface area contributed by atoms with Crippen LogP contribution in [0, 0.1) is 5.41 Å². The second-order valence-corrected chi connectivity index (χ2v) is 5.30. The van der Waals surface area contributed by atoms with E-state index in [1.54, 1.807) is 29.3 Å². The quantitative estimate of drug-likeness (QED) is 0.642. The molecule has 0 bridgehead atoms. The van der Waals surface area contributed by atoms with E-state index in [1.807, 2.05) is 0 Å². The molecule has 0 aromatic rings. The summed E-state index contributed by atoms with van der Waals surface area (Å²) >= 11 is 1.62. The monoisotopic (exact) mass is 320 g/mol. The molecule has 1 rings (SSSR count). The van der Waals surface area contributed by atoms with E-state index in [4.69, 9.17) is 0 Å². The van der Waals surface area contributed by atoms with Crippen molar-refractivity contribution in [2.45, 2.75) is 34.6 Å². The third-order valence-corrected chi connectivity index (χ3v) is 5.90. The molecule has 63 valence electrons. The molecule has 0 nitrogen and oxygen atoms in total. The first-order valence-electron chi connectivity index (χ1n) is 3.95. The summed E-state index contributed by atoms with van der Waals surface area (Å²) in [6.07, 6.45) is 0. The molecule has 0 saturated carbocycles. The Hall–Kier alpha value is 0.168. The van der Waals surface area contributed by atoms with Crippen LogP contribution in [-0.2, 0) is 19.8 Å². The molecule has 0 spiro atoms. The molecule has 11 heavy (non-hydrogen) atoms. The van der Waals surface area contributed by atoms with Crippen molar-refractivity contribution in [3.05, 3.63) is 20.7 Å². The summed E-state index contributed by atoms with van der Waals surface area (Å²) in [5.74, 6) is 0. The Balaban J connectivity index is 0.00000121. The summed E-state index contributed by atoms with van der Waals surface area (Å²) in [5, 5.41) is 0. The Bertz CT molecular complexity index is 233. The van der Waals surface area contributed by atoms with E-state index in [-0.39, 0.29) is 1.43 Å². The number of hydrogen-bond donors (Lipinski definition) is 0. The van der Waals surface area contributed by atoms with Crippen LogP contribution in [0.15, 0.2) is 20.7 Å². The van der Waals surface area contributed by atoms with Crippen LogP contribution in [0.4, 0.5) is 0 Å². The second-order valence-electron chi connectivity index (χ2n) is 3.83. The van der Waals surface area contributed by atoms with Gasteiger partial charge in [0, 0.05) is 0 Å². The van der Waals surface area contributed by atoms with Crippen molar-refractivity contribution >= 4 is 0 Å². The molecule has 0 radical (unpaired) electrons. The first-order valence-corrected chi connectivity index (χ1v) is 5.42. The summed E-state index contributed by atoms with van der Waals surface area (Å²) in [7, 11) is 0. The van der Waals surface area contributed by atoms with Gasteiger partial charge in [-0.25, -0.2) is 0 Å². The van der Waals surface area contributed by atoms with Crippen LogP contribution in [0.2, 0.25) is 0 Å². The molecule has 0 aromatic carbocycles. The topological polar surface area (TPSA) is 0 Å². The maximum atomic E-state index is 2.32. The summed E-state index contributed by atoms with van der Waals surface area (Å²) in [6, 6.07) is 0. The second kappa shape index (κ2) is 2.59. The Labute approximate surface area is 82.1 Å². The molecule has 1 aliphatic rings. The van der Waals surface area contributed by atoms with Gasteiger partial charge in [0.1, 0.15) is 0 Å². The molecule has 0 saturated heterocycles. The minimum Gasteiger partial charge on any atom is -1.00 e.